The third-order valence-corrected chi connectivity index (χ3v) is 3.95. The molecule has 0 aromatic carbocycles. The standard InChI is InChI=1S/C13H26N4O2/c1-16-4-5-17(2)12(9-16)8-15-13(18)7-11-10-19-6-3-14-11/h11-12,14H,3-10H2,1-2H3,(H,15,18). The maximum atomic E-state index is 11.9. The Hall–Kier alpha value is -0.690. The first kappa shape index (κ1) is 14.7. The van der Waals surface area contributed by atoms with Crippen LogP contribution in [0.1, 0.15) is 6.42 Å². The van der Waals surface area contributed by atoms with Gasteiger partial charge in [-0.2, -0.15) is 0 Å². The summed E-state index contributed by atoms with van der Waals surface area (Å²) in [5, 5.41) is 6.35. The molecule has 19 heavy (non-hydrogen) atoms. The molecule has 1 amide bonds. The minimum atomic E-state index is 0.115. The van der Waals surface area contributed by atoms with Crippen LogP contribution in [0.5, 0.6) is 0 Å². The molecule has 2 saturated heterocycles. The Morgan fingerprint density at radius 3 is 3.00 bits per heavy atom. The van der Waals surface area contributed by atoms with Crippen LogP contribution in [0.2, 0.25) is 0 Å². The normalized spacial score (nSPS) is 30.2. The monoisotopic (exact) mass is 270 g/mol. The SMILES string of the molecule is CN1CCN(C)C(CNC(=O)CC2COCCN2)C1. The number of likely N-dealkylation sites (N-methyl/N-ethyl adjacent to an activating group) is 2. The van der Waals surface area contributed by atoms with Gasteiger partial charge in [0, 0.05) is 51.2 Å². The number of ether oxygens (including phenoxy) is 1. The fraction of sp³-hybridized carbons (Fsp3) is 0.923. The molecule has 2 heterocycles. The van der Waals surface area contributed by atoms with Gasteiger partial charge in [0.05, 0.1) is 13.2 Å². The number of hydrogen-bond acceptors (Lipinski definition) is 5. The van der Waals surface area contributed by atoms with E-state index in [1.54, 1.807) is 0 Å². The Morgan fingerprint density at radius 1 is 1.42 bits per heavy atom. The first-order valence-corrected chi connectivity index (χ1v) is 7.12. The van der Waals surface area contributed by atoms with Crippen molar-refractivity contribution in [3.8, 4) is 0 Å². The lowest BCUT2D eigenvalue weighted by Crippen LogP contribution is -2.54. The first-order valence-electron chi connectivity index (χ1n) is 7.12. The maximum Gasteiger partial charge on any atom is 0.221 e. The largest absolute Gasteiger partial charge is 0.378 e. The molecule has 0 spiro atoms. The summed E-state index contributed by atoms with van der Waals surface area (Å²) in [4.78, 5) is 16.5. The zero-order valence-corrected chi connectivity index (χ0v) is 12.0. The molecule has 0 aromatic heterocycles. The fourth-order valence-corrected chi connectivity index (χ4v) is 2.60. The minimum absolute atomic E-state index is 0.115. The van der Waals surface area contributed by atoms with Crippen molar-refractivity contribution in [1.82, 2.24) is 20.4 Å². The van der Waals surface area contributed by atoms with E-state index < -0.39 is 0 Å². The molecule has 2 N–H and O–H groups in total. The van der Waals surface area contributed by atoms with Crippen LogP contribution in [0.3, 0.4) is 0 Å². The molecule has 2 aliphatic rings. The van der Waals surface area contributed by atoms with Gasteiger partial charge in [0.2, 0.25) is 5.91 Å². The number of piperazine rings is 1. The highest BCUT2D eigenvalue weighted by Crippen LogP contribution is 2.05. The van der Waals surface area contributed by atoms with Gasteiger partial charge in [0.15, 0.2) is 0 Å². The van der Waals surface area contributed by atoms with Crippen LogP contribution in [0.25, 0.3) is 0 Å². The van der Waals surface area contributed by atoms with Gasteiger partial charge >= 0.3 is 0 Å². The second kappa shape index (κ2) is 7.19. The van der Waals surface area contributed by atoms with Gasteiger partial charge in [-0.25, -0.2) is 0 Å². The van der Waals surface area contributed by atoms with E-state index in [1.807, 2.05) is 0 Å². The van der Waals surface area contributed by atoms with Crippen molar-refractivity contribution in [2.75, 3.05) is 60.0 Å². The zero-order chi connectivity index (χ0) is 13.7. The second-order valence-electron chi connectivity index (χ2n) is 5.63. The summed E-state index contributed by atoms with van der Waals surface area (Å²) in [5.41, 5.74) is 0. The first-order chi connectivity index (χ1) is 9.15. The average Bonchev–Trinajstić information content (AvgIpc) is 2.41. The quantitative estimate of drug-likeness (QED) is 0.667. The molecule has 2 atom stereocenters. The molecular formula is C13H26N4O2. The molecule has 0 saturated carbocycles. The number of carbonyl (C=O) groups excluding carboxylic acids is 1. The summed E-state index contributed by atoms with van der Waals surface area (Å²) >= 11 is 0. The van der Waals surface area contributed by atoms with Crippen molar-refractivity contribution in [2.45, 2.75) is 18.5 Å². The van der Waals surface area contributed by atoms with E-state index >= 15 is 0 Å². The third kappa shape index (κ3) is 4.72. The maximum absolute atomic E-state index is 11.9. The second-order valence-corrected chi connectivity index (χ2v) is 5.63. The van der Waals surface area contributed by atoms with Crippen LogP contribution in [-0.4, -0.2) is 87.8 Å². The van der Waals surface area contributed by atoms with Crippen molar-refractivity contribution < 1.29 is 9.53 Å². The van der Waals surface area contributed by atoms with Crippen LogP contribution in [-0.2, 0) is 9.53 Å². The number of nitrogens with one attached hydrogen (secondary N) is 2. The van der Waals surface area contributed by atoms with Crippen LogP contribution >= 0.6 is 0 Å². The lowest BCUT2D eigenvalue weighted by molar-refractivity contribution is -0.122. The van der Waals surface area contributed by atoms with Gasteiger partial charge in [0.1, 0.15) is 0 Å². The predicted molar refractivity (Wildman–Crippen MR) is 74.2 cm³/mol. The van der Waals surface area contributed by atoms with Crippen LogP contribution in [0, 0.1) is 0 Å². The van der Waals surface area contributed by atoms with E-state index in [1.165, 1.54) is 0 Å². The summed E-state index contributed by atoms with van der Waals surface area (Å²) in [6.45, 7) is 6.14. The molecule has 0 aromatic rings. The zero-order valence-electron chi connectivity index (χ0n) is 12.0. The molecule has 0 radical (unpaired) electrons. The Bertz CT molecular complexity index is 294. The molecule has 6 nitrogen and oxygen atoms in total. The summed E-state index contributed by atoms with van der Waals surface area (Å²) in [6.07, 6.45) is 0.506. The van der Waals surface area contributed by atoms with E-state index in [9.17, 15) is 4.79 Å². The average molecular weight is 270 g/mol. The fourth-order valence-electron chi connectivity index (χ4n) is 2.60. The van der Waals surface area contributed by atoms with E-state index in [-0.39, 0.29) is 11.9 Å². The predicted octanol–water partition coefficient (Wildman–Crippen LogP) is -1.27. The number of amides is 1. The molecular weight excluding hydrogens is 244 g/mol. The molecule has 0 aliphatic carbocycles. The molecule has 6 heteroatoms. The van der Waals surface area contributed by atoms with E-state index in [0.717, 1.165) is 39.3 Å². The molecule has 2 rings (SSSR count). The Labute approximate surface area is 115 Å². The minimum Gasteiger partial charge on any atom is -0.378 e. The third-order valence-electron chi connectivity index (χ3n) is 3.95. The van der Waals surface area contributed by atoms with E-state index in [4.69, 9.17) is 4.74 Å². The van der Waals surface area contributed by atoms with E-state index in [0.29, 0.717) is 19.1 Å². The van der Waals surface area contributed by atoms with Crippen molar-refractivity contribution in [1.29, 1.82) is 0 Å². The summed E-state index contributed by atoms with van der Waals surface area (Å²) in [6, 6.07) is 0.582. The number of nitrogens with zero attached hydrogens (tertiary/aromatic N) is 2. The Morgan fingerprint density at radius 2 is 2.26 bits per heavy atom. The van der Waals surface area contributed by atoms with Crippen LogP contribution in [0.4, 0.5) is 0 Å². The van der Waals surface area contributed by atoms with Gasteiger partial charge in [-0.05, 0) is 14.1 Å². The lowest BCUT2D eigenvalue weighted by atomic mass is 10.1. The highest BCUT2D eigenvalue weighted by Gasteiger charge is 2.23. The highest BCUT2D eigenvalue weighted by atomic mass is 16.5. The lowest BCUT2D eigenvalue weighted by Gasteiger charge is -2.37. The number of morpholine rings is 1. The number of rotatable bonds is 4. The molecule has 2 aliphatic heterocycles. The van der Waals surface area contributed by atoms with Gasteiger partial charge < -0.3 is 20.3 Å². The van der Waals surface area contributed by atoms with Gasteiger partial charge in [0.25, 0.3) is 0 Å². The van der Waals surface area contributed by atoms with Crippen LogP contribution < -0.4 is 10.6 Å². The highest BCUT2D eigenvalue weighted by molar-refractivity contribution is 5.76. The summed E-state index contributed by atoms with van der Waals surface area (Å²) < 4.78 is 5.35. The smallest absolute Gasteiger partial charge is 0.221 e. The van der Waals surface area contributed by atoms with Crippen molar-refractivity contribution in [3.05, 3.63) is 0 Å². The molecule has 0 bridgehead atoms. The summed E-state index contributed by atoms with van der Waals surface area (Å²) in [7, 11) is 4.26. The summed E-state index contributed by atoms with van der Waals surface area (Å²) in [5.74, 6) is 0.115. The topological polar surface area (TPSA) is 56.8 Å². The van der Waals surface area contributed by atoms with E-state index in [2.05, 4.69) is 34.5 Å². The van der Waals surface area contributed by atoms with Gasteiger partial charge in [-0.3, -0.25) is 9.69 Å². The van der Waals surface area contributed by atoms with Gasteiger partial charge in [-0.15, -0.1) is 0 Å². The van der Waals surface area contributed by atoms with Crippen LogP contribution in [0.15, 0.2) is 0 Å². The van der Waals surface area contributed by atoms with Gasteiger partial charge in [-0.1, -0.05) is 0 Å². The molecule has 110 valence electrons. The number of hydrogen-bond donors (Lipinski definition) is 2. The number of carbonyl (C=O) groups is 1. The Balaban J connectivity index is 1.67. The molecule has 2 unspecified atom stereocenters. The molecule has 2 fully saturated rings. The Kier molecular flexibility index (Phi) is 5.57. The van der Waals surface area contributed by atoms with Crippen molar-refractivity contribution >= 4 is 5.91 Å². The van der Waals surface area contributed by atoms with Crippen molar-refractivity contribution in [2.24, 2.45) is 0 Å². The van der Waals surface area contributed by atoms with Crippen molar-refractivity contribution in [3.63, 3.8) is 0 Å².